The van der Waals surface area contributed by atoms with Gasteiger partial charge >= 0.3 is 6.18 Å². The summed E-state index contributed by atoms with van der Waals surface area (Å²) in [6.45, 7) is 9.84. The molecular formula is C24H30ClF3N6O3. The molecule has 0 spiro atoms. The maximum Gasteiger partial charge on any atom is 0.416 e. The lowest BCUT2D eigenvalue weighted by molar-refractivity contribution is -0.137. The number of piperazine rings is 1. The number of alkyl halides is 3. The summed E-state index contributed by atoms with van der Waals surface area (Å²) in [4.78, 5) is 41.8. The maximum absolute atomic E-state index is 13.5. The van der Waals surface area contributed by atoms with E-state index in [1.54, 1.807) is 11.9 Å². The van der Waals surface area contributed by atoms with Gasteiger partial charge in [-0.15, -0.1) is 6.58 Å². The van der Waals surface area contributed by atoms with Crippen molar-refractivity contribution in [2.75, 3.05) is 45.1 Å². The minimum absolute atomic E-state index is 0.0447. The molecule has 1 aliphatic heterocycles. The van der Waals surface area contributed by atoms with E-state index in [1.807, 2.05) is 11.8 Å². The zero-order valence-corrected chi connectivity index (χ0v) is 21.5. The molecule has 1 aliphatic rings. The number of nitrogens with zero attached hydrogens (tertiary/aromatic N) is 4. The average molecular weight is 543 g/mol. The van der Waals surface area contributed by atoms with Gasteiger partial charge in [0.15, 0.2) is 0 Å². The Balaban J connectivity index is 2.18. The summed E-state index contributed by atoms with van der Waals surface area (Å²) >= 11 is 5.91. The Morgan fingerprint density at radius 1 is 1.19 bits per heavy atom. The number of allylic oxidation sites excluding steroid dienone is 1. The van der Waals surface area contributed by atoms with Crippen molar-refractivity contribution in [1.82, 2.24) is 20.1 Å². The number of rotatable bonds is 10. The second-order valence-corrected chi connectivity index (χ2v) is 8.44. The summed E-state index contributed by atoms with van der Waals surface area (Å²) in [5.41, 5.74) is -0.110. The molecule has 202 valence electrons. The molecular weight excluding hydrogens is 513 g/mol. The molecule has 0 radical (unpaired) electrons. The molecule has 0 aliphatic carbocycles. The van der Waals surface area contributed by atoms with Gasteiger partial charge in [-0.2, -0.15) is 18.3 Å². The predicted octanol–water partition coefficient (Wildman–Crippen LogP) is 3.30. The van der Waals surface area contributed by atoms with Crippen molar-refractivity contribution in [2.45, 2.75) is 25.9 Å². The number of amides is 3. The van der Waals surface area contributed by atoms with Crippen molar-refractivity contribution in [2.24, 2.45) is 5.10 Å². The molecule has 1 aromatic carbocycles. The highest BCUT2D eigenvalue weighted by Gasteiger charge is 2.32. The van der Waals surface area contributed by atoms with E-state index in [-0.39, 0.29) is 28.7 Å². The van der Waals surface area contributed by atoms with E-state index in [9.17, 15) is 27.6 Å². The van der Waals surface area contributed by atoms with Gasteiger partial charge in [0.2, 0.25) is 11.8 Å². The van der Waals surface area contributed by atoms with Crippen molar-refractivity contribution >= 4 is 41.7 Å². The highest BCUT2D eigenvalue weighted by atomic mass is 35.5. The lowest BCUT2D eigenvalue weighted by Gasteiger charge is -2.38. The van der Waals surface area contributed by atoms with Gasteiger partial charge in [0.1, 0.15) is 12.2 Å². The van der Waals surface area contributed by atoms with Crippen LogP contribution in [0.25, 0.3) is 0 Å². The highest BCUT2D eigenvalue weighted by molar-refractivity contribution is 6.33. The lowest BCUT2D eigenvalue weighted by atomic mass is 10.1. The summed E-state index contributed by atoms with van der Waals surface area (Å²) in [5.74, 6) is -1.38. The smallest absolute Gasteiger partial charge is 0.390 e. The van der Waals surface area contributed by atoms with E-state index >= 15 is 0 Å². The first kappa shape index (κ1) is 29.7. The Bertz CT molecular complexity index is 1060. The van der Waals surface area contributed by atoms with Crippen LogP contribution in [0.2, 0.25) is 5.02 Å². The van der Waals surface area contributed by atoms with E-state index in [0.717, 1.165) is 17.1 Å². The topological polar surface area (TPSA) is 97.4 Å². The van der Waals surface area contributed by atoms with Gasteiger partial charge in [0.25, 0.3) is 5.91 Å². The Labute approximate surface area is 218 Å². The molecule has 1 fully saturated rings. The fraction of sp³-hybridized carbons (Fsp3) is 0.417. The molecule has 0 unspecified atom stereocenters. The van der Waals surface area contributed by atoms with Gasteiger partial charge in [-0.1, -0.05) is 24.6 Å². The summed E-state index contributed by atoms with van der Waals surface area (Å²) in [6.07, 6.45) is -2.34. The fourth-order valence-corrected chi connectivity index (χ4v) is 4.00. The lowest BCUT2D eigenvalue weighted by Crippen LogP contribution is -2.51. The van der Waals surface area contributed by atoms with Crippen molar-refractivity contribution in [3.8, 4) is 0 Å². The summed E-state index contributed by atoms with van der Waals surface area (Å²) in [6, 6.07) is 2.52. The van der Waals surface area contributed by atoms with Crippen LogP contribution < -0.4 is 10.6 Å². The predicted molar refractivity (Wildman–Crippen MR) is 136 cm³/mol. The first-order chi connectivity index (χ1) is 17.5. The average Bonchev–Trinajstić information content (AvgIpc) is 2.86. The van der Waals surface area contributed by atoms with Gasteiger partial charge < -0.3 is 20.4 Å². The van der Waals surface area contributed by atoms with Crippen LogP contribution in [0.15, 0.2) is 47.3 Å². The second-order valence-electron chi connectivity index (χ2n) is 8.04. The summed E-state index contributed by atoms with van der Waals surface area (Å²) in [5, 5.41) is 9.66. The van der Waals surface area contributed by atoms with Crippen LogP contribution in [0, 0.1) is 0 Å². The summed E-state index contributed by atoms with van der Waals surface area (Å²) < 4.78 is 38.6. The Morgan fingerprint density at radius 3 is 2.30 bits per heavy atom. The molecule has 0 saturated carbocycles. The van der Waals surface area contributed by atoms with Crippen LogP contribution in [0.4, 0.5) is 18.9 Å². The number of hydrogen-bond donors (Lipinski definition) is 2. The third kappa shape index (κ3) is 7.72. The van der Waals surface area contributed by atoms with Gasteiger partial charge in [0.05, 0.1) is 16.3 Å². The molecule has 0 bridgehead atoms. The van der Waals surface area contributed by atoms with Crippen LogP contribution in [-0.2, 0) is 20.6 Å². The number of hydrazone groups is 1. The zero-order chi connectivity index (χ0) is 27.8. The Hall–Kier alpha value is -3.54. The van der Waals surface area contributed by atoms with E-state index in [2.05, 4.69) is 29.0 Å². The number of hydrogen-bond acceptors (Lipinski definition) is 6. The van der Waals surface area contributed by atoms with Crippen LogP contribution in [0.3, 0.4) is 0 Å². The quantitative estimate of drug-likeness (QED) is 0.205. The monoisotopic (exact) mass is 542 g/mol. The molecule has 37 heavy (non-hydrogen) atoms. The molecule has 2 N–H and O–H groups in total. The number of benzene rings is 1. The first-order valence-electron chi connectivity index (χ1n) is 11.5. The third-order valence-corrected chi connectivity index (χ3v) is 5.99. The number of nitrogens with one attached hydrogen (secondary N) is 2. The van der Waals surface area contributed by atoms with Crippen LogP contribution in [-0.4, -0.2) is 79.0 Å². The molecule has 1 aromatic rings. The van der Waals surface area contributed by atoms with Crippen molar-refractivity contribution < 1.29 is 27.6 Å². The number of anilines is 1. The molecule has 0 atom stereocenters. The van der Waals surface area contributed by atoms with Crippen LogP contribution >= 0.6 is 11.6 Å². The van der Waals surface area contributed by atoms with E-state index in [0.29, 0.717) is 44.4 Å². The van der Waals surface area contributed by atoms with Crippen molar-refractivity contribution in [3.05, 3.63) is 52.8 Å². The first-order valence-corrected chi connectivity index (χ1v) is 11.8. The minimum atomic E-state index is -4.58. The van der Waals surface area contributed by atoms with Crippen LogP contribution in [0.1, 0.15) is 25.3 Å². The third-order valence-electron chi connectivity index (χ3n) is 5.68. The molecule has 9 nitrogen and oxygen atoms in total. The van der Waals surface area contributed by atoms with Crippen molar-refractivity contribution in [3.63, 3.8) is 0 Å². The van der Waals surface area contributed by atoms with Gasteiger partial charge in [0, 0.05) is 52.1 Å². The number of carbonyl (C=O) groups is 3. The normalized spacial score (nSPS) is 14.4. The fourth-order valence-electron chi connectivity index (χ4n) is 3.78. The highest BCUT2D eigenvalue weighted by Crippen LogP contribution is 2.33. The largest absolute Gasteiger partial charge is 0.416 e. The van der Waals surface area contributed by atoms with Crippen molar-refractivity contribution in [1.29, 1.82) is 0 Å². The standard InChI is InChI=1S/C24H30ClF3N6O3/c1-5-7-21(36)32-10-12-33(13-11-32)22(18(6-2)29-3)23(37)34(30-4)15-20(35)31-19-9-8-16(14-17(19)25)24(26,27)28/h5,8-9,14,29H,1,4,6-7,10-13,15H2,2-3H3,(H,31,35)/b22-18+. The minimum Gasteiger partial charge on any atom is -0.390 e. The molecule has 1 heterocycles. The number of carbonyl (C=O) groups excluding carboxylic acids is 3. The molecule has 2 rings (SSSR count). The Morgan fingerprint density at radius 2 is 1.81 bits per heavy atom. The van der Waals surface area contributed by atoms with Crippen LogP contribution in [0.5, 0.6) is 0 Å². The molecule has 1 saturated heterocycles. The number of halogens is 4. The Kier molecular flexibility index (Phi) is 10.5. The van der Waals surface area contributed by atoms with E-state index in [4.69, 9.17) is 11.6 Å². The summed E-state index contributed by atoms with van der Waals surface area (Å²) in [7, 11) is 1.67. The van der Waals surface area contributed by atoms with Gasteiger partial charge in [-0.05, 0) is 24.6 Å². The van der Waals surface area contributed by atoms with E-state index in [1.165, 1.54) is 6.08 Å². The van der Waals surface area contributed by atoms with Gasteiger partial charge in [-0.3, -0.25) is 14.4 Å². The second kappa shape index (κ2) is 13.1. The molecule has 0 aromatic heterocycles. The molecule has 3 amide bonds. The zero-order valence-electron chi connectivity index (χ0n) is 20.7. The maximum atomic E-state index is 13.5. The molecule has 13 heteroatoms. The van der Waals surface area contributed by atoms with Gasteiger partial charge in [-0.25, -0.2) is 5.01 Å². The van der Waals surface area contributed by atoms with E-state index < -0.39 is 30.1 Å². The SMILES string of the molecule is C=CCC(=O)N1CCN(/C(C(=O)N(CC(=O)Nc2ccc(C(F)(F)F)cc2Cl)N=C)=C(\CC)NC)CC1.